The lowest BCUT2D eigenvalue weighted by molar-refractivity contribution is -0.218. The van der Waals surface area contributed by atoms with Crippen LogP contribution in [0.5, 0.6) is 0 Å². The molecule has 7 atom stereocenters. The maximum Gasteiger partial charge on any atom is 0.193 e. The second kappa shape index (κ2) is 5.57. The van der Waals surface area contributed by atoms with Crippen molar-refractivity contribution in [2.45, 2.75) is 82.4 Å². The molecule has 1 aromatic carbocycles. The Morgan fingerprint density at radius 1 is 1.12 bits per heavy atom. The Morgan fingerprint density at radius 3 is 2.72 bits per heavy atom. The van der Waals surface area contributed by atoms with Crippen molar-refractivity contribution in [2.75, 3.05) is 0 Å². The molecule has 7 rings (SSSR count). The molecule has 1 spiro atoms. The lowest BCUT2D eigenvalue weighted by atomic mass is 9.43. The molecule has 3 aliphatic carbocycles. The van der Waals surface area contributed by atoms with E-state index in [-0.39, 0.29) is 22.5 Å². The summed E-state index contributed by atoms with van der Waals surface area (Å²) in [5.41, 5.74) is 3.79. The van der Waals surface area contributed by atoms with E-state index in [4.69, 9.17) is 9.47 Å². The fourth-order valence-electron chi connectivity index (χ4n) is 8.43. The van der Waals surface area contributed by atoms with Crippen molar-refractivity contribution in [3.05, 3.63) is 47.2 Å². The Labute approximate surface area is 188 Å². The smallest absolute Gasteiger partial charge is 0.193 e. The number of nitrogens with one attached hydrogen (secondary N) is 1. The van der Waals surface area contributed by atoms with Gasteiger partial charge in [0, 0.05) is 34.4 Å². The number of ether oxygens (including phenoxy) is 2. The summed E-state index contributed by atoms with van der Waals surface area (Å²) in [6, 6.07) is 8.56. The van der Waals surface area contributed by atoms with Crippen LogP contribution in [0.1, 0.15) is 58.2 Å². The summed E-state index contributed by atoms with van der Waals surface area (Å²) in [5.74, 6) is -0.709. The molecule has 3 heterocycles. The lowest BCUT2D eigenvalue weighted by Crippen LogP contribution is -2.64. The molecule has 2 saturated carbocycles. The first-order chi connectivity index (χ1) is 15.1. The monoisotopic (exact) mass is 433 g/mol. The Bertz CT molecular complexity index is 1230. The summed E-state index contributed by atoms with van der Waals surface area (Å²) in [6.07, 6.45) is 4.00. The molecule has 5 heteroatoms. The van der Waals surface area contributed by atoms with Crippen LogP contribution in [-0.4, -0.2) is 39.5 Å². The van der Waals surface area contributed by atoms with E-state index < -0.39 is 23.6 Å². The van der Waals surface area contributed by atoms with Gasteiger partial charge in [0.1, 0.15) is 5.60 Å². The van der Waals surface area contributed by atoms with Gasteiger partial charge in [-0.3, -0.25) is 4.79 Å². The van der Waals surface area contributed by atoms with Gasteiger partial charge in [0.2, 0.25) is 0 Å². The highest BCUT2D eigenvalue weighted by atomic mass is 16.8. The third-order valence-corrected chi connectivity index (χ3v) is 10.1. The summed E-state index contributed by atoms with van der Waals surface area (Å²) < 4.78 is 12.9. The molecule has 5 nitrogen and oxygen atoms in total. The van der Waals surface area contributed by atoms with Crippen LogP contribution in [0.15, 0.2) is 35.9 Å². The molecule has 0 radical (unpaired) electrons. The first-order valence-electron chi connectivity index (χ1n) is 12.0. The predicted octanol–water partition coefficient (Wildman–Crippen LogP) is 4.18. The van der Waals surface area contributed by atoms with Crippen molar-refractivity contribution in [3.63, 3.8) is 0 Å². The average Bonchev–Trinajstić information content (AvgIpc) is 3.31. The number of fused-ring (bicyclic) bond motifs is 9. The van der Waals surface area contributed by atoms with E-state index in [0.29, 0.717) is 12.3 Å². The van der Waals surface area contributed by atoms with Crippen molar-refractivity contribution >= 4 is 16.7 Å². The van der Waals surface area contributed by atoms with Gasteiger partial charge in [0.15, 0.2) is 17.7 Å². The highest BCUT2D eigenvalue weighted by molar-refractivity contribution is 5.97. The molecular weight excluding hydrogens is 402 g/mol. The number of benzene rings is 1. The molecule has 168 valence electrons. The number of ketones is 1. The Kier molecular flexibility index (Phi) is 3.40. The highest BCUT2D eigenvalue weighted by Gasteiger charge is 2.71. The van der Waals surface area contributed by atoms with Gasteiger partial charge in [-0.25, -0.2) is 0 Å². The van der Waals surface area contributed by atoms with Gasteiger partial charge in [-0.2, -0.15) is 0 Å². The molecule has 5 aliphatic rings. The van der Waals surface area contributed by atoms with Crippen LogP contribution in [0.25, 0.3) is 10.9 Å². The largest absolute Gasteiger partial charge is 0.392 e. The van der Waals surface area contributed by atoms with Crippen molar-refractivity contribution in [3.8, 4) is 0 Å². The maximum absolute atomic E-state index is 13.1. The van der Waals surface area contributed by atoms with Gasteiger partial charge in [-0.15, -0.1) is 0 Å². The van der Waals surface area contributed by atoms with Gasteiger partial charge in [0.05, 0.1) is 6.10 Å². The molecule has 2 aromatic rings. The molecule has 3 fully saturated rings. The van der Waals surface area contributed by atoms with Crippen molar-refractivity contribution in [1.29, 1.82) is 0 Å². The first kappa shape index (κ1) is 19.5. The van der Waals surface area contributed by atoms with Crippen LogP contribution < -0.4 is 0 Å². The molecule has 0 amide bonds. The third kappa shape index (κ3) is 1.97. The third-order valence-electron chi connectivity index (χ3n) is 10.1. The van der Waals surface area contributed by atoms with Gasteiger partial charge in [-0.1, -0.05) is 32.0 Å². The fraction of sp³-hybridized carbons (Fsp3) is 0.593. The van der Waals surface area contributed by atoms with Crippen LogP contribution in [0, 0.1) is 17.3 Å². The van der Waals surface area contributed by atoms with Crippen molar-refractivity contribution < 1.29 is 19.4 Å². The van der Waals surface area contributed by atoms with E-state index in [1.54, 1.807) is 6.08 Å². The zero-order valence-corrected chi connectivity index (χ0v) is 19.2. The number of aromatic nitrogens is 1. The predicted molar refractivity (Wildman–Crippen MR) is 120 cm³/mol. The maximum atomic E-state index is 13.1. The van der Waals surface area contributed by atoms with E-state index in [2.05, 4.69) is 43.1 Å². The molecule has 2 bridgehead atoms. The van der Waals surface area contributed by atoms with E-state index in [1.807, 2.05) is 13.8 Å². The number of carbonyl (C=O) groups excluding carboxylic acids is 1. The summed E-state index contributed by atoms with van der Waals surface area (Å²) >= 11 is 0. The molecular formula is C27H31NO4. The zero-order valence-electron chi connectivity index (χ0n) is 19.2. The van der Waals surface area contributed by atoms with Crippen LogP contribution >= 0.6 is 0 Å². The normalized spacial score (nSPS) is 45.8. The number of para-hydroxylation sites is 1. The van der Waals surface area contributed by atoms with Crippen LogP contribution in [0.4, 0.5) is 0 Å². The second-order valence-corrected chi connectivity index (χ2v) is 11.8. The number of H-pyrrole nitrogens is 1. The highest BCUT2D eigenvalue weighted by Crippen LogP contribution is 2.70. The number of aliphatic hydroxyl groups is 1. The SMILES string of the molecule is CC1(C)OC23CCC4(C)C(C2=CC(=O)C1O3)[C@@H](O)CC1Cc2c([nH]c3ccccc23)[C@@]14C. The number of rotatable bonds is 0. The Hall–Kier alpha value is -1.95. The second-order valence-electron chi connectivity index (χ2n) is 11.8. The molecule has 2 N–H and O–H groups in total. The number of hydrogen-bond donors (Lipinski definition) is 2. The minimum absolute atomic E-state index is 0.0282. The minimum atomic E-state index is -0.877. The number of aromatic amines is 1. The lowest BCUT2D eigenvalue weighted by Gasteiger charge is -2.63. The minimum Gasteiger partial charge on any atom is -0.392 e. The average molecular weight is 434 g/mol. The molecule has 32 heavy (non-hydrogen) atoms. The zero-order chi connectivity index (χ0) is 22.3. The summed E-state index contributed by atoms with van der Waals surface area (Å²) in [5, 5.41) is 12.9. The van der Waals surface area contributed by atoms with Crippen molar-refractivity contribution in [2.24, 2.45) is 17.3 Å². The summed E-state index contributed by atoms with van der Waals surface area (Å²) in [4.78, 5) is 16.8. The van der Waals surface area contributed by atoms with Crippen molar-refractivity contribution in [1.82, 2.24) is 4.98 Å². The first-order valence-corrected chi connectivity index (χ1v) is 12.0. The standard InChI is InChI=1S/C27H31NO4/c1-24(2)23-20(30)13-17-21-19(29)12-14-11-16-15-7-5-6-8-18(15)28-22(16)26(14,4)25(21,3)9-10-27(17,31-23)32-24/h5-8,13-14,19,21,23,28-29H,9-12H2,1-4H3/t14?,19-,21?,23?,25?,26+,27?/m0/s1. The summed E-state index contributed by atoms with van der Waals surface area (Å²) in [7, 11) is 0. The van der Waals surface area contributed by atoms with E-state index in [9.17, 15) is 9.90 Å². The molecule has 2 aliphatic heterocycles. The van der Waals surface area contributed by atoms with Gasteiger partial charge < -0.3 is 19.6 Å². The Balaban J connectivity index is 1.42. The number of carbonyl (C=O) groups is 1. The topological polar surface area (TPSA) is 71.6 Å². The summed E-state index contributed by atoms with van der Waals surface area (Å²) in [6.45, 7) is 8.61. The van der Waals surface area contributed by atoms with Gasteiger partial charge >= 0.3 is 0 Å². The van der Waals surface area contributed by atoms with Gasteiger partial charge in [0.25, 0.3) is 0 Å². The molecule has 1 aromatic heterocycles. The van der Waals surface area contributed by atoms with Crippen LogP contribution in [0.3, 0.4) is 0 Å². The number of hydrogen-bond acceptors (Lipinski definition) is 4. The Morgan fingerprint density at radius 2 is 1.91 bits per heavy atom. The number of aliphatic hydroxyl groups excluding tert-OH is 1. The van der Waals surface area contributed by atoms with E-state index >= 15 is 0 Å². The fourth-order valence-corrected chi connectivity index (χ4v) is 8.43. The van der Waals surface area contributed by atoms with E-state index in [0.717, 1.165) is 24.8 Å². The van der Waals surface area contributed by atoms with E-state index in [1.165, 1.54) is 22.2 Å². The molecule has 1 saturated heterocycles. The van der Waals surface area contributed by atoms with Crippen LogP contribution in [0.2, 0.25) is 0 Å². The van der Waals surface area contributed by atoms with Crippen LogP contribution in [-0.2, 0) is 26.1 Å². The van der Waals surface area contributed by atoms with Gasteiger partial charge in [-0.05, 0) is 67.7 Å². The quantitative estimate of drug-likeness (QED) is 0.654. The molecule has 5 unspecified atom stereocenters.